The molecular weight excluding hydrogens is 254 g/mol. The molecule has 1 fully saturated rings. The fourth-order valence-corrected chi connectivity index (χ4v) is 2.22. The van der Waals surface area contributed by atoms with Crippen molar-refractivity contribution in [1.82, 2.24) is 0 Å². The molecule has 1 saturated heterocycles. The summed E-state index contributed by atoms with van der Waals surface area (Å²) in [5.41, 5.74) is 0.462. The van der Waals surface area contributed by atoms with E-state index in [4.69, 9.17) is 15.4 Å². The summed E-state index contributed by atoms with van der Waals surface area (Å²) in [7, 11) is 1.43. The van der Waals surface area contributed by atoms with Crippen LogP contribution in [0.15, 0.2) is 29.2 Å². The van der Waals surface area contributed by atoms with Crippen LogP contribution in [0.1, 0.15) is 0 Å². The molecule has 0 spiro atoms. The molecule has 16 heavy (non-hydrogen) atoms. The first-order valence-electron chi connectivity index (χ1n) is 4.47. The third-order valence-electron chi connectivity index (χ3n) is 2.17. The Bertz CT molecular complexity index is 528. The highest BCUT2D eigenvalue weighted by atomic mass is 35.7. The molecule has 1 amide bonds. The second-order valence-corrected chi connectivity index (χ2v) is 5.77. The Kier molecular flexibility index (Phi) is 2.77. The average molecular weight is 262 g/mol. The molecular formula is C9H8ClNO4S. The second-order valence-electron chi connectivity index (χ2n) is 3.20. The Morgan fingerprint density at radius 1 is 1.38 bits per heavy atom. The van der Waals surface area contributed by atoms with Crippen molar-refractivity contribution in [2.75, 3.05) is 18.1 Å². The van der Waals surface area contributed by atoms with E-state index in [0.29, 0.717) is 18.8 Å². The lowest BCUT2D eigenvalue weighted by atomic mass is 10.3. The van der Waals surface area contributed by atoms with E-state index in [1.807, 2.05) is 0 Å². The van der Waals surface area contributed by atoms with Crippen LogP contribution >= 0.6 is 10.7 Å². The SMILES string of the molecule is O=C1OCCN1c1cccc(S(=O)(=O)Cl)c1. The van der Waals surface area contributed by atoms with Crippen molar-refractivity contribution in [2.24, 2.45) is 0 Å². The number of amides is 1. The molecule has 1 aliphatic heterocycles. The van der Waals surface area contributed by atoms with Crippen LogP contribution < -0.4 is 4.90 Å². The molecule has 0 N–H and O–H groups in total. The lowest BCUT2D eigenvalue weighted by molar-refractivity contribution is 0.181. The van der Waals surface area contributed by atoms with E-state index in [1.165, 1.54) is 23.1 Å². The van der Waals surface area contributed by atoms with Crippen LogP contribution in [0.5, 0.6) is 0 Å². The number of ether oxygens (including phenoxy) is 1. The summed E-state index contributed by atoms with van der Waals surface area (Å²) in [6.45, 7) is 0.710. The molecule has 86 valence electrons. The molecule has 0 aliphatic carbocycles. The number of benzene rings is 1. The Balaban J connectivity index is 2.40. The summed E-state index contributed by atoms with van der Waals surface area (Å²) in [4.78, 5) is 12.6. The van der Waals surface area contributed by atoms with Gasteiger partial charge < -0.3 is 4.74 Å². The van der Waals surface area contributed by atoms with Gasteiger partial charge in [-0.2, -0.15) is 0 Å². The van der Waals surface area contributed by atoms with Gasteiger partial charge in [0.2, 0.25) is 0 Å². The van der Waals surface area contributed by atoms with Gasteiger partial charge in [0.05, 0.1) is 11.4 Å². The van der Waals surface area contributed by atoms with E-state index >= 15 is 0 Å². The molecule has 0 atom stereocenters. The number of nitrogens with zero attached hydrogens (tertiary/aromatic N) is 1. The minimum atomic E-state index is -3.78. The number of carbonyl (C=O) groups excluding carboxylic acids is 1. The maximum absolute atomic E-state index is 11.3. The van der Waals surface area contributed by atoms with Crippen molar-refractivity contribution >= 4 is 31.5 Å². The van der Waals surface area contributed by atoms with Crippen LogP contribution in [0.4, 0.5) is 10.5 Å². The van der Waals surface area contributed by atoms with Crippen molar-refractivity contribution in [2.45, 2.75) is 4.90 Å². The van der Waals surface area contributed by atoms with Crippen molar-refractivity contribution in [3.8, 4) is 0 Å². The summed E-state index contributed by atoms with van der Waals surface area (Å²) in [6.07, 6.45) is -0.482. The van der Waals surface area contributed by atoms with Crippen molar-refractivity contribution in [1.29, 1.82) is 0 Å². The first kappa shape index (κ1) is 11.2. The van der Waals surface area contributed by atoms with Gasteiger partial charge in [-0.3, -0.25) is 4.90 Å². The number of halogens is 1. The van der Waals surface area contributed by atoms with Gasteiger partial charge in [-0.05, 0) is 18.2 Å². The van der Waals surface area contributed by atoms with E-state index in [-0.39, 0.29) is 4.90 Å². The van der Waals surface area contributed by atoms with Gasteiger partial charge in [0.1, 0.15) is 6.61 Å². The Labute approximate surface area is 97.0 Å². The van der Waals surface area contributed by atoms with Gasteiger partial charge >= 0.3 is 6.09 Å². The standard InChI is InChI=1S/C9H8ClNO4S/c10-16(13,14)8-3-1-2-7(6-8)11-4-5-15-9(11)12/h1-3,6H,4-5H2. The van der Waals surface area contributed by atoms with E-state index in [0.717, 1.165) is 0 Å². The number of rotatable bonds is 2. The van der Waals surface area contributed by atoms with Crippen molar-refractivity contribution in [3.63, 3.8) is 0 Å². The summed E-state index contributed by atoms with van der Waals surface area (Å²) in [6, 6.07) is 5.86. The summed E-state index contributed by atoms with van der Waals surface area (Å²) < 4.78 is 27.0. The third kappa shape index (κ3) is 2.12. The highest BCUT2D eigenvalue weighted by molar-refractivity contribution is 8.13. The van der Waals surface area contributed by atoms with E-state index < -0.39 is 15.1 Å². The predicted molar refractivity (Wildman–Crippen MR) is 58.2 cm³/mol. The average Bonchev–Trinajstić information content (AvgIpc) is 2.63. The molecule has 1 aromatic rings. The topological polar surface area (TPSA) is 63.7 Å². The predicted octanol–water partition coefficient (Wildman–Crippen LogP) is 1.57. The van der Waals surface area contributed by atoms with Crippen LogP contribution in [-0.2, 0) is 13.8 Å². The molecule has 5 nitrogen and oxygen atoms in total. The fourth-order valence-electron chi connectivity index (χ4n) is 1.43. The van der Waals surface area contributed by atoms with Gasteiger partial charge in [-0.25, -0.2) is 13.2 Å². The maximum atomic E-state index is 11.3. The quantitative estimate of drug-likeness (QED) is 0.758. The zero-order chi connectivity index (χ0) is 11.8. The summed E-state index contributed by atoms with van der Waals surface area (Å²) in [5.74, 6) is 0. The number of anilines is 1. The first-order chi connectivity index (χ1) is 7.48. The summed E-state index contributed by atoms with van der Waals surface area (Å²) >= 11 is 0. The molecule has 1 heterocycles. The van der Waals surface area contributed by atoms with E-state index in [2.05, 4.69) is 0 Å². The van der Waals surface area contributed by atoms with Crippen molar-refractivity contribution in [3.05, 3.63) is 24.3 Å². The molecule has 1 aliphatic rings. The van der Waals surface area contributed by atoms with Crippen LogP contribution in [-0.4, -0.2) is 27.7 Å². The zero-order valence-electron chi connectivity index (χ0n) is 8.09. The third-order valence-corrected chi connectivity index (χ3v) is 3.52. The molecule has 1 aromatic carbocycles. The Morgan fingerprint density at radius 3 is 2.69 bits per heavy atom. The Hall–Kier alpha value is -1.27. The molecule has 0 radical (unpaired) electrons. The normalized spacial score (nSPS) is 16.3. The molecule has 0 aromatic heterocycles. The van der Waals surface area contributed by atoms with Gasteiger partial charge in [0, 0.05) is 16.4 Å². The number of cyclic esters (lactones) is 1. The Morgan fingerprint density at radius 2 is 2.12 bits per heavy atom. The van der Waals surface area contributed by atoms with E-state index in [9.17, 15) is 13.2 Å². The van der Waals surface area contributed by atoms with Gasteiger partial charge in [-0.15, -0.1) is 0 Å². The van der Waals surface area contributed by atoms with Gasteiger partial charge in [0.25, 0.3) is 9.05 Å². The number of hydrogen-bond donors (Lipinski definition) is 0. The lowest BCUT2D eigenvalue weighted by Gasteiger charge is -2.12. The summed E-state index contributed by atoms with van der Waals surface area (Å²) in [5, 5.41) is 0. The highest BCUT2D eigenvalue weighted by Crippen LogP contribution is 2.23. The minimum absolute atomic E-state index is 0.0358. The zero-order valence-corrected chi connectivity index (χ0v) is 9.66. The largest absolute Gasteiger partial charge is 0.447 e. The number of hydrogen-bond acceptors (Lipinski definition) is 4. The van der Waals surface area contributed by atoms with Gasteiger partial charge in [0.15, 0.2) is 0 Å². The second kappa shape index (κ2) is 3.95. The van der Waals surface area contributed by atoms with Crippen LogP contribution in [0.3, 0.4) is 0 Å². The van der Waals surface area contributed by atoms with E-state index in [1.54, 1.807) is 6.07 Å². The molecule has 0 bridgehead atoms. The van der Waals surface area contributed by atoms with Crippen LogP contribution in [0.2, 0.25) is 0 Å². The molecule has 2 rings (SSSR count). The first-order valence-corrected chi connectivity index (χ1v) is 6.78. The highest BCUT2D eigenvalue weighted by Gasteiger charge is 2.24. The van der Waals surface area contributed by atoms with Gasteiger partial charge in [-0.1, -0.05) is 6.07 Å². The minimum Gasteiger partial charge on any atom is -0.447 e. The monoisotopic (exact) mass is 261 g/mol. The maximum Gasteiger partial charge on any atom is 0.414 e. The van der Waals surface area contributed by atoms with Crippen molar-refractivity contribution < 1.29 is 17.9 Å². The smallest absolute Gasteiger partial charge is 0.414 e. The van der Waals surface area contributed by atoms with Crippen LogP contribution in [0.25, 0.3) is 0 Å². The fraction of sp³-hybridized carbons (Fsp3) is 0.222. The molecule has 7 heteroatoms. The molecule has 0 saturated carbocycles. The van der Waals surface area contributed by atoms with Crippen LogP contribution in [0, 0.1) is 0 Å². The lowest BCUT2D eigenvalue weighted by Crippen LogP contribution is -2.23. The molecule has 0 unspecified atom stereocenters. The number of carbonyl (C=O) groups is 1.